The highest BCUT2D eigenvalue weighted by Crippen LogP contribution is 2.15. The van der Waals surface area contributed by atoms with E-state index in [0.29, 0.717) is 0 Å². The number of aromatic nitrogens is 2. The lowest BCUT2D eigenvalue weighted by atomic mass is 10.1. The van der Waals surface area contributed by atoms with Gasteiger partial charge in [0.15, 0.2) is 0 Å². The molecule has 2 rings (SSSR count). The van der Waals surface area contributed by atoms with Gasteiger partial charge in [0.2, 0.25) is 5.95 Å². The second-order valence-electron chi connectivity index (χ2n) is 4.49. The summed E-state index contributed by atoms with van der Waals surface area (Å²) in [6.07, 6.45) is 4.68. The molecule has 0 bridgehead atoms. The van der Waals surface area contributed by atoms with Crippen LogP contribution in [0.3, 0.4) is 0 Å². The van der Waals surface area contributed by atoms with Gasteiger partial charge >= 0.3 is 0 Å². The first-order valence-electron chi connectivity index (χ1n) is 6.23. The number of halogens is 1. The van der Waals surface area contributed by atoms with Crippen molar-refractivity contribution >= 4 is 27.6 Å². The molecule has 0 spiro atoms. The Morgan fingerprint density at radius 1 is 1.42 bits per heavy atom. The number of anilines is 1. The first-order chi connectivity index (χ1) is 9.15. The van der Waals surface area contributed by atoms with Crippen molar-refractivity contribution in [2.24, 2.45) is 5.16 Å². The first kappa shape index (κ1) is 14.2. The summed E-state index contributed by atoms with van der Waals surface area (Å²) in [7, 11) is 0. The molecule has 0 saturated carbocycles. The van der Waals surface area contributed by atoms with Crippen molar-refractivity contribution in [3.8, 4) is 0 Å². The largest absolute Gasteiger partial charge is 0.393 e. The van der Waals surface area contributed by atoms with Crippen LogP contribution in [0.15, 0.2) is 22.0 Å². The summed E-state index contributed by atoms with van der Waals surface area (Å²) in [5.74, 6) is 0.743. The van der Waals surface area contributed by atoms with Gasteiger partial charge in [-0.25, -0.2) is 9.97 Å². The van der Waals surface area contributed by atoms with Crippen molar-refractivity contribution in [2.45, 2.75) is 25.9 Å². The Bertz CT molecular complexity index is 426. The average molecular weight is 329 g/mol. The maximum absolute atomic E-state index is 9.07. The van der Waals surface area contributed by atoms with Crippen molar-refractivity contribution in [3.05, 3.63) is 16.9 Å². The van der Waals surface area contributed by atoms with E-state index in [9.17, 15) is 0 Å². The van der Waals surface area contributed by atoms with E-state index in [1.54, 1.807) is 19.3 Å². The van der Waals surface area contributed by atoms with E-state index >= 15 is 0 Å². The average Bonchev–Trinajstić information content (AvgIpc) is 2.40. The smallest absolute Gasteiger partial charge is 0.225 e. The monoisotopic (exact) mass is 328 g/mol. The SMILES string of the molecule is CC(O)CON=C1CCN(c2ncc(Br)cn2)CC1. The Hall–Kier alpha value is -1.21. The van der Waals surface area contributed by atoms with Crippen molar-refractivity contribution in [2.75, 3.05) is 24.6 Å². The number of aliphatic hydroxyl groups is 1. The van der Waals surface area contributed by atoms with Gasteiger partial charge in [0.1, 0.15) is 6.61 Å². The molecule has 1 N–H and O–H groups in total. The second-order valence-corrected chi connectivity index (χ2v) is 5.41. The molecule has 1 saturated heterocycles. The molecular formula is C12H17BrN4O2. The van der Waals surface area contributed by atoms with Gasteiger partial charge in [-0.2, -0.15) is 0 Å². The van der Waals surface area contributed by atoms with Crippen LogP contribution in [-0.4, -0.2) is 46.6 Å². The summed E-state index contributed by atoms with van der Waals surface area (Å²) in [6, 6.07) is 0. The quantitative estimate of drug-likeness (QED) is 0.850. The number of aliphatic hydroxyl groups excluding tert-OH is 1. The zero-order chi connectivity index (χ0) is 13.7. The Labute approximate surface area is 120 Å². The van der Waals surface area contributed by atoms with Crippen LogP contribution in [0.1, 0.15) is 19.8 Å². The molecule has 0 aliphatic carbocycles. The zero-order valence-electron chi connectivity index (χ0n) is 10.8. The highest BCUT2D eigenvalue weighted by molar-refractivity contribution is 9.10. The summed E-state index contributed by atoms with van der Waals surface area (Å²) in [4.78, 5) is 15.8. The van der Waals surface area contributed by atoms with Gasteiger partial charge in [-0.1, -0.05) is 5.16 Å². The van der Waals surface area contributed by atoms with Gasteiger partial charge < -0.3 is 14.8 Å². The number of hydrogen-bond donors (Lipinski definition) is 1. The molecule has 1 aromatic heterocycles. The number of piperidine rings is 1. The van der Waals surface area contributed by atoms with Gasteiger partial charge in [0, 0.05) is 38.3 Å². The minimum absolute atomic E-state index is 0.239. The number of rotatable bonds is 4. The van der Waals surface area contributed by atoms with Gasteiger partial charge in [0.05, 0.1) is 16.3 Å². The van der Waals surface area contributed by atoms with Gasteiger partial charge in [-0.3, -0.25) is 0 Å². The van der Waals surface area contributed by atoms with E-state index in [0.717, 1.165) is 42.1 Å². The van der Waals surface area contributed by atoms with Crippen LogP contribution in [0.2, 0.25) is 0 Å². The molecule has 1 unspecified atom stereocenters. The standard InChI is InChI=1S/C12H17BrN4O2/c1-9(18)8-19-16-11-2-4-17(5-3-11)12-14-6-10(13)7-15-12/h6-7,9,18H,2-5,8H2,1H3. The molecule has 0 amide bonds. The molecular weight excluding hydrogens is 312 g/mol. The molecule has 6 nitrogen and oxygen atoms in total. The third kappa shape index (κ3) is 4.43. The normalized spacial score (nSPS) is 17.2. The fourth-order valence-electron chi connectivity index (χ4n) is 1.76. The molecule has 1 aromatic rings. The van der Waals surface area contributed by atoms with Crippen LogP contribution >= 0.6 is 15.9 Å². The van der Waals surface area contributed by atoms with E-state index in [1.807, 2.05) is 0 Å². The highest BCUT2D eigenvalue weighted by Gasteiger charge is 2.17. The summed E-state index contributed by atoms with van der Waals surface area (Å²) in [6.45, 7) is 3.58. The van der Waals surface area contributed by atoms with Crippen molar-refractivity contribution in [1.29, 1.82) is 0 Å². The maximum Gasteiger partial charge on any atom is 0.225 e. The Morgan fingerprint density at radius 3 is 2.63 bits per heavy atom. The molecule has 2 heterocycles. The van der Waals surface area contributed by atoms with Crippen LogP contribution in [0.25, 0.3) is 0 Å². The lowest BCUT2D eigenvalue weighted by Crippen LogP contribution is -2.35. The number of oxime groups is 1. The third-order valence-corrected chi connectivity index (χ3v) is 3.15. The van der Waals surface area contributed by atoms with Crippen LogP contribution in [0.4, 0.5) is 5.95 Å². The number of hydrogen-bond acceptors (Lipinski definition) is 6. The number of nitrogens with zero attached hydrogens (tertiary/aromatic N) is 4. The fourth-order valence-corrected chi connectivity index (χ4v) is 1.97. The Balaban J connectivity index is 1.83. The molecule has 0 radical (unpaired) electrons. The predicted octanol–water partition coefficient (Wildman–Crippen LogP) is 1.59. The van der Waals surface area contributed by atoms with E-state index in [-0.39, 0.29) is 6.61 Å². The van der Waals surface area contributed by atoms with Gasteiger partial charge in [-0.15, -0.1) is 0 Å². The molecule has 19 heavy (non-hydrogen) atoms. The lowest BCUT2D eigenvalue weighted by Gasteiger charge is -2.27. The second kappa shape index (κ2) is 6.81. The predicted molar refractivity (Wildman–Crippen MR) is 76.2 cm³/mol. The van der Waals surface area contributed by atoms with Crippen LogP contribution in [0, 0.1) is 0 Å². The van der Waals surface area contributed by atoms with Gasteiger partial charge in [0.25, 0.3) is 0 Å². The fraction of sp³-hybridized carbons (Fsp3) is 0.583. The molecule has 1 aliphatic heterocycles. The highest BCUT2D eigenvalue weighted by atomic mass is 79.9. The summed E-state index contributed by atoms with van der Waals surface area (Å²) >= 11 is 3.32. The lowest BCUT2D eigenvalue weighted by molar-refractivity contribution is 0.0494. The third-order valence-electron chi connectivity index (χ3n) is 2.74. The molecule has 1 fully saturated rings. The minimum atomic E-state index is -0.486. The van der Waals surface area contributed by atoms with E-state index in [1.165, 1.54) is 0 Å². The molecule has 1 atom stereocenters. The van der Waals surface area contributed by atoms with Crippen molar-refractivity contribution < 1.29 is 9.94 Å². The van der Waals surface area contributed by atoms with E-state index in [4.69, 9.17) is 9.94 Å². The van der Waals surface area contributed by atoms with E-state index in [2.05, 4.69) is 36.0 Å². The van der Waals surface area contributed by atoms with Crippen LogP contribution in [-0.2, 0) is 4.84 Å². The van der Waals surface area contributed by atoms with Crippen molar-refractivity contribution in [1.82, 2.24) is 9.97 Å². The minimum Gasteiger partial charge on any atom is -0.393 e. The molecule has 0 aromatic carbocycles. The molecule has 104 valence electrons. The van der Waals surface area contributed by atoms with E-state index < -0.39 is 6.10 Å². The zero-order valence-corrected chi connectivity index (χ0v) is 12.4. The summed E-state index contributed by atoms with van der Waals surface area (Å²) < 4.78 is 0.877. The van der Waals surface area contributed by atoms with Crippen molar-refractivity contribution in [3.63, 3.8) is 0 Å². The first-order valence-corrected chi connectivity index (χ1v) is 7.02. The summed E-state index contributed by atoms with van der Waals surface area (Å²) in [5, 5.41) is 13.1. The Kier molecular flexibility index (Phi) is 5.09. The van der Waals surface area contributed by atoms with Crippen LogP contribution in [0.5, 0.6) is 0 Å². The summed E-state index contributed by atoms with van der Waals surface area (Å²) in [5.41, 5.74) is 1.02. The van der Waals surface area contributed by atoms with Crippen LogP contribution < -0.4 is 4.90 Å². The van der Waals surface area contributed by atoms with Gasteiger partial charge in [-0.05, 0) is 22.9 Å². The Morgan fingerprint density at radius 2 is 2.05 bits per heavy atom. The molecule has 7 heteroatoms. The maximum atomic E-state index is 9.07. The molecule has 1 aliphatic rings. The topological polar surface area (TPSA) is 70.8 Å².